The number of aryl methyl sites for hydroxylation is 2. The molecular weight excluding hydrogens is 232 g/mol. The van der Waals surface area contributed by atoms with Crippen molar-refractivity contribution in [1.82, 2.24) is 0 Å². The van der Waals surface area contributed by atoms with E-state index in [0.717, 1.165) is 24.8 Å². The van der Waals surface area contributed by atoms with E-state index in [-0.39, 0.29) is 6.10 Å². The highest BCUT2D eigenvalue weighted by atomic mass is 16.3. The molecule has 2 aromatic carbocycles. The Morgan fingerprint density at radius 1 is 0.947 bits per heavy atom. The first-order valence-electron chi connectivity index (χ1n) is 7.12. The predicted molar refractivity (Wildman–Crippen MR) is 79.1 cm³/mol. The largest absolute Gasteiger partial charge is 0.388 e. The highest BCUT2D eigenvalue weighted by Crippen LogP contribution is 2.32. The molecule has 0 radical (unpaired) electrons. The van der Waals surface area contributed by atoms with Gasteiger partial charge in [-0.15, -0.1) is 0 Å². The van der Waals surface area contributed by atoms with E-state index in [0.29, 0.717) is 0 Å². The lowest BCUT2D eigenvalue weighted by Gasteiger charge is -2.13. The number of aliphatic hydroxyl groups is 1. The van der Waals surface area contributed by atoms with Crippen LogP contribution in [0.25, 0.3) is 11.1 Å². The van der Waals surface area contributed by atoms with Crippen molar-refractivity contribution in [3.63, 3.8) is 0 Å². The van der Waals surface area contributed by atoms with Crippen LogP contribution < -0.4 is 0 Å². The molecule has 0 aromatic heterocycles. The van der Waals surface area contributed by atoms with Gasteiger partial charge in [-0.25, -0.2) is 0 Å². The van der Waals surface area contributed by atoms with Crippen LogP contribution in [0.3, 0.4) is 0 Å². The Labute approximate surface area is 114 Å². The third-order valence-corrected chi connectivity index (χ3v) is 4.06. The summed E-state index contributed by atoms with van der Waals surface area (Å²) in [5, 5.41) is 10.3. The van der Waals surface area contributed by atoms with Crippen LogP contribution in [0.5, 0.6) is 0 Å². The van der Waals surface area contributed by atoms with Gasteiger partial charge in [-0.3, -0.25) is 0 Å². The number of hydrogen-bond donors (Lipinski definition) is 1. The zero-order valence-electron chi connectivity index (χ0n) is 11.4. The molecule has 1 aliphatic carbocycles. The number of benzene rings is 2. The van der Waals surface area contributed by atoms with E-state index in [1.807, 2.05) is 0 Å². The summed E-state index contributed by atoms with van der Waals surface area (Å²) in [6.45, 7) is 2.10. The van der Waals surface area contributed by atoms with E-state index in [1.54, 1.807) is 0 Å². The molecule has 0 amide bonds. The summed E-state index contributed by atoms with van der Waals surface area (Å²) in [5.41, 5.74) is 6.17. The zero-order chi connectivity index (χ0) is 13.2. The Morgan fingerprint density at radius 2 is 1.68 bits per heavy atom. The number of aliphatic hydroxyl groups excluding tert-OH is 1. The van der Waals surface area contributed by atoms with E-state index in [4.69, 9.17) is 0 Å². The average molecular weight is 252 g/mol. The zero-order valence-corrected chi connectivity index (χ0v) is 11.4. The van der Waals surface area contributed by atoms with E-state index < -0.39 is 0 Å². The van der Waals surface area contributed by atoms with Crippen LogP contribution in [0.15, 0.2) is 42.5 Å². The van der Waals surface area contributed by atoms with Gasteiger partial charge in [0.2, 0.25) is 0 Å². The molecule has 19 heavy (non-hydrogen) atoms. The smallest absolute Gasteiger partial charge is 0.0792 e. The van der Waals surface area contributed by atoms with E-state index in [9.17, 15) is 5.11 Å². The van der Waals surface area contributed by atoms with Crippen LogP contribution in [0.2, 0.25) is 0 Å². The Balaban J connectivity index is 2.02. The molecule has 1 atom stereocenters. The van der Waals surface area contributed by atoms with Crippen molar-refractivity contribution in [2.45, 2.75) is 38.7 Å². The average Bonchev–Trinajstić information content (AvgIpc) is 2.62. The summed E-state index contributed by atoms with van der Waals surface area (Å²) in [6, 6.07) is 15.1. The minimum Gasteiger partial charge on any atom is -0.388 e. The van der Waals surface area contributed by atoms with Gasteiger partial charge < -0.3 is 5.11 Å². The van der Waals surface area contributed by atoms with Crippen LogP contribution in [0, 0.1) is 6.92 Å². The lowest BCUT2D eigenvalue weighted by Crippen LogP contribution is -1.99. The number of rotatable bonds is 1. The molecule has 1 N–H and O–H groups in total. The Hall–Kier alpha value is -1.60. The SMILES string of the molecule is Cc1ccc(-c2ccc3c(c2)C(O)CCCC3)cc1. The van der Waals surface area contributed by atoms with Gasteiger partial charge in [-0.1, -0.05) is 48.4 Å². The standard InChI is InChI=1S/C18H20O/c1-13-6-8-14(9-7-13)16-11-10-15-4-2-3-5-18(19)17(15)12-16/h6-12,18-19H,2-5H2,1H3. The topological polar surface area (TPSA) is 20.2 Å². The van der Waals surface area contributed by atoms with Crippen molar-refractivity contribution in [3.05, 3.63) is 59.2 Å². The van der Waals surface area contributed by atoms with Crippen LogP contribution in [-0.4, -0.2) is 5.11 Å². The second-order valence-corrected chi connectivity index (χ2v) is 5.54. The van der Waals surface area contributed by atoms with Crippen LogP contribution in [-0.2, 0) is 6.42 Å². The summed E-state index contributed by atoms with van der Waals surface area (Å²) in [7, 11) is 0. The second kappa shape index (κ2) is 5.18. The van der Waals surface area contributed by atoms with Gasteiger partial charge in [0, 0.05) is 0 Å². The molecule has 0 spiro atoms. The molecule has 0 bridgehead atoms. The van der Waals surface area contributed by atoms with Crippen LogP contribution >= 0.6 is 0 Å². The van der Waals surface area contributed by atoms with Crippen LogP contribution in [0.4, 0.5) is 0 Å². The summed E-state index contributed by atoms with van der Waals surface area (Å²) >= 11 is 0. The Morgan fingerprint density at radius 3 is 2.47 bits per heavy atom. The van der Waals surface area contributed by atoms with Gasteiger partial charge in [0.15, 0.2) is 0 Å². The lowest BCUT2D eigenvalue weighted by molar-refractivity contribution is 0.166. The first-order chi connectivity index (χ1) is 9.24. The first-order valence-corrected chi connectivity index (χ1v) is 7.12. The van der Waals surface area contributed by atoms with Crippen LogP contribution in [0.1, 0.15) is 42.1 Å². The third kappa shape index (κ3) is 2.57. The molecule has 0 saturated heterocycles. The molecular formula is C18H20O. The van der Waals surface area contributed by atoms with Gasteiger partial charge >= 0.3 is 0 Å². The maximum Gasteiger partial charge on any atom is 0.0792 e. The quantitative estimate of drug-likeness (QED) is 0.745. The first kappa shape index (κ1) is 12.4. The maximum atomic E-state index is 10.3. The molecule has 0 aliphatic heterocycles. The van der Waals surface area contributed by atoms with Crippen molar-refractivity contribution in [2.24, 2.45) is 0 Å². The predicted octanol–water partition coefficient (Wildman–Crippen LogP) is 4.42. The molecule has 3 rings (SSSR count). The maximum absolute atomic E-state index is 10.3. The Bertz CT molecular complexity index is 569. The summed E-state index contributed by atoms with van der Waals surface area (Å²) < 4.78 is 0. The molecule has 1 aliphatic rings. The van der Waals surface area contributed by atoms with Gasteiger partial charge in [-0.05, 0) is 54.5 Å². The monoisotopic (exact) mass is 252 g/mol. The second-order valence-electron chi connectivity index (χ2n) is 5.54. The normalized spacial score (nSPS) is 18.7. The van der Waals surface area contributed by atoms with E-state index >= 15 is 0 Å². The van der Waals surface area contributed by atoms with Gasteiger partial charge in [0.25, 0.3) is 0 Å². The van der Waals surface area contributed by atoms with E-state index in [2.05, 4.69) is 49.4 Å². The molecule has 2 aromatic rings. The van der Waals surface area contributed by atoms with Crippen molar-refractivity contribution < 1.29 is 5.11 Å². The fourth-order valence-electron chi connectivity index (χ4n) is 2.87. The molecule has 0 fully saturated rings. The molecule has 0 heterocycles. The van der Waals surface area contributed by atoms with Gasteiger partial charge in [-0.2, -0.15) is 0 Å². The highest BCUT2D eigenvalue weighted by molar-refractivity contribution is 5.65. The fourth-order valence-corrected chi connectivity index (χ4v) is 2.87. The summed E-state index contributed by atoms with van der Waals surface area (Å²) in [5.74, 6) is 0. The summed E-state index contributed by atoms with van der Waals surface area (Å²) in [6.07, 6.45) is 4.01. The fraction of sp³-hybridized carbons (Fsp3) is 0.333. The van der Waals surface area contributed by atoms with Gasteiger partial charge in [0.05, 0.1) is 6.10 Å². The van der Waals surface area contributed by atoms with Gasteiger partial charge in [0.1, 0.15) is 0 Å². The molecule has 0 saturated carbocycles. The van der Waals surface area contributed by atoms with Crippen molar-refractivity contribution in [3.8, 4) is 11.1 Å². The third-order valence-electron chi connectivity index (χ3n) is 4.06. The minimum atomic E-state index is -0.289. The molecule has 1 unspecified atom stereocenters. The highest BCUT2D eigenvalue weighted by Gasteiger charge is 2.16. The van der Waals surface area contributed by atoms with Crippen molar-refractivity contribution in [2.75, 3.05) is 0 Å². The molecule has 1 nitrogen and oxygen atoms in total. The molecule has 98 valence electrons. The number of fused-ring (bicyclic) bond motifs is 1. The lowest BCUT2D eigenvalue weighted by atomic mass is 9.95. The minimum absolute atomic E-state index is 0.289. The Kier molecular flexibility index (Phi) is 3.39. The summed E-state index contributed by atoms with van der Waals surface area (Å²) in [4.78, 5) is 0. The van der Waals surface area contributed by atoms with Crippen molar-refractivity contribution in [1.29, 1.82) is 0 Å². The number of hydrogen-bond acceptors (Lipinski definition) is 1. The van der Waals surface area contributed by atoms with Crippen molar-refractivity contribution >= 4 is 0 Å². The molecule has 1 heteroatoms. The van der Waals surface area contributed by atoms with E-state index in [1.165, 1.54) is 28.7 Å².